The lowest BCUT2D eigenvalue weighted by Gasteiger charge is -2.15. The van der Waals surface area contributed by atoms with Crippen LogP contribution >= 0.6 is 0 Å². The zero-order valence-electron chi connectivity index (χ0n) is 15.9. The Morgan fingerprint density at radius 1 is 1.14 bits per heavy atom. The summed E-state index contributed by atoms with van der Waals surface area (Å²) in [6.07, 6.45) is -1.75. The fourth-order valence-electron chi connectivity index (χ4n) is 2.71. The van der Waals surface area contributed by atoms with Gasteiger partial charge in [0, 0.05) is 12.2 Å². The standard InChI is InChI=1S/C21H27F2N3O2/c1-2-3-4-5-17(22)20(23)21(28)26-19-11-8-15(12-18(19)24)25-13-14-6-9-16(27)10-7-14/h6-12,17,20,25,27H,2-5,13,24H2,1H3,(H,26,28)/t17-,20+/m1/s1. The molecule has 0 aromatic heterocycles. The monoisotopic (exact) mass is 391 g/mol. The van der Waals surface area contributed by atoms with E-state index >= 15 is 0 Å². The fourth-order valence-corrected chi connectivity index (χ4v) is 2.71. The lowest BCUT2D eigenvalue weighted by atomic mass is 10.1. The Hall–Kier alpha value is -2.83. The second kappa shape index (κ2) is 10.5. The first-order chi connectivity index (χ1) is 13.4. The van der Waals surface area contributed by atoms with Crippen LogP contribution in [0.3, 0.4) is 0 Å². The van der Waals surface area contributed by atoms with Gasteiger partial charge in [0.15, 0.2) is 0 Å². The van der Waals surface area contributed by atoms with E-state index in [1.54, 1.807) is 42.5 Å². The Balaban J connectivity index is 1.90. The summed E-state index contributed by atoms with van der Waals surface area (Å²) < 4.78 is 27.8. The molecule has 0 bridgehead atoms. The number of hydrogen-bond donors (Lipinski definition) is 4. The number of anilines is 3. The van der Waals surface area contributed by atoms with Gasteiger partial charge in [0.2, 0.25) is 6.17 Å². The molecule has 1 amide bonds. The molecule has 0 saturated heterocycles. The average Bonchev–Trinajstić information content (AvgIpc) is 2.68. The minimum Gasteiger partial charge on any atom is -0.508 e. The van der Waals surface area contributed by atoms with Gasteiger partial charge in [-0.1, -0.05) is 38.3 Å². The maximum atomic E-state index is 14.0. The number of amides is 1. The van der Waals surface area contributed by atoms with Crippen LogP contribution in [0.4, 0.5) is 25.8 Å². The van der Waals surface area contributed by atoms with Crippen LogP contribution in [0.5, 0.6) is 5.75 Å². The van der Waals surface area contributed by atoms with Gasteiger partial charge >= 0.3 is 0 Å². The summed E-state index contributed by atoms with van der Waals surface area (Å²) in [6, 6.07) is 11.6. The minimum absolute atomic E-state index is 0.0258. The van der Waals surface area contributed by atoms with E-state index in [2.05, 4.69) is 10.6 Å². The van der Waals surface area contributed by atoms with Crippen LogP contribution in [0.2, 0.25) is 0 Å². The SMILES string of the molecule is CCCCC[C@@H](F)[C@H](F)C(=O)Nc1ccc(NCc2ccc(O)cc2)cc1N. The first-order valence-corrected chi connectivity index (χ1v) is 9.41. The maximum absolute atomic E-state index is 14.0. The number of hydrogen-bond acceptors (Lipinski definition) is 4. The molecule has 0 aliphatic heterocycles. The summed E-state index contributed by atoms with van der Waals surface area (Å²) in [4.78, 5) is 11.9. The molecule has 5 N–H and O–H groups in total. The Bertz CT molecular complexity index is 769. The van der Waals surface area contributed by atoms with E-state index in [-0.39, 0.29) is 23.5 Å². The smallest absolute Gasteiger partial charge is 0.262 e. The molecule has 5 nitrogen and oxygen atoms in total. The number of aromatic hydroxyl groups is 1. The van der Waals surface area contributed by atoms with Crippen molar-refractivity contribution in [1.82, 2.24) is 0 Å². The van der Waals surface area contributed by atoms with Crippen molar-refractivity contribution in [2.75, 3.05) is 16.4 Å². The molecule has 0 unspecified atom stereocenters. The van der Waals surface area contributed by atoms with Crippen molar-refractivity contribution < 1.29 is 18.7 Å². The number of nitrogens with one attached hydrogen (secondary N) is 2. The zero-order valence-corrected chi connectivity index (χ0v) is 15.9. The number of halogens is 2. The Kier molecular flexibility index (Phi) is 8.04. The predicted molar refractivity (Wildman–Crippen MR) is 109 cm³/mol. The van der Waals surface area contributed by atoms with Crippen LogP contribution in [0.25, 0.3) is 0 Å². The van der Waals surface area contributed by atoms with E-state index in [9.17, 15) is 18.7 Å². The summed E-state index contributed by atoms with van der Waals surface area (Å²) in [5, 5.41) is 14.8. The van der Waals surface area contributed by atoms with E-state index < -0.39 is 18.3 Å². The van der Waals surface area contributed by atoms with Crippen LogP contribution < -0.4 is 16.4 Å². The zero-order chi connectivity index (χ0) is 20.5. The van der Waals surface area contributed by atoms with Crippen molar-refractivity contribution in [1.29, 1.82) is 0 Å². The molecular formula is C21H27F2N3O2. The number of phenols is 1. The number of nitrogens with two attached hydrogens (primary N) is 1. The summed E-state index contributed by atoms with van der Waals surface area (Å²) in [5.41, 5.74) is 8.09. The molecule has 28 heavy (non-hydrogen) atoms. The number of carbonyl (C=O) groups excluding carboxylic acids is 1. The molecule has 2 rings (SSSR count). The topological polar surface area (TPSA) is 87.4 Å². The van der Waals surface area contributed by atoms with Gasteiger partial charge in [-0.05, 0) is 42.3 Å². The molecule has 0 heterocycles. The largest absolute Gasteiger partial charge is 0.508 e. The second-order valence-electron chi connectivity index (χ2n) is 6.72. The fraction of sp³-hybridized carbons (Fsp3) is 0.381. The molecule has 7 heteroatoms. The van der Waals surface area contributed by atoms with Gasteiger partial charge < -0.3 is 21.5 Å². The molecule has 0 fully saturated rings. The van der Waals surface area contributed by atoms with Gasteiger partial charge in [-0.15, -0.1) is 0 Å². The van der Waals surface area contributed by atoms with Gasteiger partial charge in [0.1, 0.15) is 11.9 Å². The average molecular weight is 391 g/mol. The summed E-state index contributed by atoms with van der Waals surface area (Å²) in [5.74, 6) is -0.833. The highest BCUT2D eigenvalue weighted by molar-refractivity contribution is 5.97. The highest BCUT2D eigenvalue weighted by atomic mass is 19.2. The molecule has 152 valence electrons. The lowest BCUT2D eigenvalue weighted by Crippen LogP contribution is -2.32. The van der Waals surface area contributed by atoms with Crippen molar-refractivity contribution in [2.24, 2.45) is 0 Å². The third-order valence-corrected chi connectivity index (χ3v) is 4.39. The normalized spacial score (nSPS) is 13.0. The lowest BCUT2D eigenvalue weighted by molar-refractivity contribution is -0.123. The van der Waals surface area contributed by atoms with Crippen LogP contribution in [0.1, 0.15) is 38.2 Å². The first-order valence-electron chi connectivity index (χ1n) is 9.41. The van der Waals surface area contributed by atoms with E-state index in [4.69, 9.17) is 5.73 Å². The highest BCUT2D eigenvalue weighted by Crippen LogP contribution is 2.24. The number of phenolic OH excluding ortho intramolecular Hbond substituents is 1. The van der Waals surface area contributed by atoms with Gasteiger partial charge in [0.05, 0.1) is 11.4 Å². The van der Waals surface area contributed by atoms with Crippen molar-refractivity contribution in [3.05, 3.63) is 48.0 Å². The van der Waals surface area contributed by atoms with Crippen molar-refractivity contribution in [3.8, 4) is 5.75 Å². The quantitative estimate of drug-likeness (QED) is 0.347. The third kappa shape index (κ3) is 6.40. The van der Waals surface area contributed by atoms with Crippen molar-refractivity contribution in [3.63, 3.8) is 0 Å². The van der Waals surface area contributed by atoms with Gasteiger partial charge in [0.25, 0.3) is 5.91 Å². The summed E-state index contributed by atoms with van der Waals surface area (Å²) in [7, 11) is 0. The maximum Gasteiger partial charge on any atom is 0.262 e. The van der Waals surface area contributed by atoms with E-state index in [0.29, 0.717) is 18.7 Å². The van der Waals surface area contributed by atoms with Crippen LogP contribution in [-0.4, -0.2) is 23.4 Å². The van der Waals surface area contributed by atoms with E-state index in [1.807, 2.05) is 6.92 Å². The van der Waals surface area contributed by atoms with Crippen molar-refractivity contribution >= 4 is 23.0 Å². The highest BCUT2D eigenvalue weighted by Gasteiger charge is 2.28. The molecule has 0 aliphatic rings. The minimum atomic E-state index is -2.22. The Morgan fingerprint density at radius 2 is 1.86 bits per heavy atom. The first kappa shape index (κ1) is 21.5. The molecule has 0 radical (unpaired) electrons. The Labute approximate surface area is 163 Å². The molecule has 2 atom stereocenters. The molecule has 0 saturated carbocycles. The molecule has 2 aromatic rings. The van der Waals surface area contributed by atoms with Gasteiger partial charge in [-0.25, -0.2) is 8.78 Å². The molecule has 0 aliphatic carbocycles. The number of carbonyl (C=O) groups is 1. The van der Waals surface area contributed by atoms with Crippen LogP contribution in [-0.2, 0) is 11.3 Å². The third-order valence-electron chi connectivity index (χ3n) is 4.39. The predicted octanol–water partition coefficient (Wildman–Crippen LogP) is 4.78. The number of rotatable bonds is 10. The van der Waals surface area contributed by atoms with Gasteiger partial charge in [-0.3, -0.25) is 4.79 Å². The van der Waals surface area contributed by atoms with Crippen molar-refractivity contribution in [2.45, 2.75) is 51.5 Å². The Morgan fingerprint density at radius 3 is 2.50 bits per heavy atom. The molecule has 0 spiro atoms. The van der Waals surface area contributed by atoms with Crippen LogP contribution in [0.15, 0.2) is 42.5 Å². The molecule has 2 aromatic carbocycles. The van der Waals surface area contributed by atoms with E-state index in [0.717, 1.165) is 18.4 Å². The molecular weight excluding hydrogens is 364 g/mol. The number of alkyl halides is 2. The van der Waals surface area contributed by atoms with Gasteiger partial charge in [-0.2, -0.15) is 0 Å². The number of unbranched alkanes of at least 4 members (excludes halogenated alkanes) is 2. The van der Waals surface area contributed by atoms with E-state index in [1.165, 1.54) is 0 Å². The second-order valence-corrected chi connectivity index (χ2v) is 6.72. The summed E-state index contributed by atoms with van der Waals surface area (Å²) >= 11 is 0. The summed E-state index contributed by atoms with van der Waals surface area (Å²) in [6.45, 7) is 2.48. The number of nitrogen functional groups attached to an aromatic ring is 1. The number of benzene rings is 2. The van der Waals surface area contributed by atoms with Crippen LogP contribution in [0, 0.1) is 0 Å².